The molecule has 0 aromatic carbocycles. The van der Waals surface area contributed by atoms with Crippen LogP contribution in [0.15, 0.2) is 0 Å². The van der Waals surface area contributed by atoms with E-state index in [2.05, 4.69) is 5.32 Å². The minimum Gasteiger partial charge on any atom is -0.393 e. The first kappa shape index (κ1) is 16.9. The van der Waals surface area contributed by atoms with Gasteiger partial charge in [0.1, 0.15) is 0 Å². The van der Waals surface area contributed by atoms with E-state index in [0.717, 1.165) is 6.42 Å². The fourth-order valence-electron chi connectivity index (χ4n) is 2.44. The normalized spacial score (nSPS) is 26.1. The standard InChI is InChI=1S/C14H27N3O3/c1-9(18)10-5-11(16-13(20)14(2,3)4)7-17(6-10)8-12(15)19/h9-11,18H,5-8H2,1-4H3,(H2,15,19)(H,16,20). The molecule has 1 rings (SSSR count). The maximum absolute atomic E-state index is 12.1. The number of amides is 2. The third-order valence-electron chi connectivity index (χ3n) is 3.64. The largest absolute Gasteiger partial charge is 0.393 e. The summed E-state index contributed by atoms with van der Waals surface area (Å²) >= 11 is 0. The quantitative estimate of drug-likeness (QED) is 0.661. The number of nitrogens with two attached hydrogens (primary N) is 1. The molecule has 3 atom stereocenters. The summed E-state index contributed by atoms with van der Waals surface area (Å²) in [6, 6.07) is -0.0607. The number of hydrogen-bond donors (Lipinski definition) is 3. The van der Waals surface area contributed by atoms with Gasteiger partial charge in [-0.2, -0.15) is 0 Å². The molecule has 3 unspecified atom stereocenters. The van der Waals surface area contributed by atoms with Gasteiger partial charge in [-0.1, -0.05) is 20.8 Å². The van der Waals surface area contributed by atoms with Gasteiger partial charge in [-0.05, 0) is 19.3 Å². The van der Waals surface area contributed by atoms with Gasteiger partial charge in [-0.15, -0.1) is 0 Å². The molecule has 6 heteroatoms. The Balaban J connectivity index is 2.69. The van der Waals surface area contributed by atoms with Gasteiger partial charge in [0, 0.05) is 24.5 Å². The molecule has 0 aliphatic carbocycles. The van der Waals surface area contributed by atoms with Gasteiger partial charge in [0.2, 0.25) is 11.8 Å². The third-order valence-corrected chi connectivity index (χ3v) is 3.64. The Labute approximate surface area is 120 Å². The van der Waals surface area contributed by atoms with Gasteiger partial charge >= 0.3 is 0 Å². The number of hydrogen-bond acceptors (Lipinski definition) is 4. The van der Waals surface area contributed by atoms with Gasteiger partial charge in [0.25, 0.3) is 0 Å². The van der Waals surface area contributed by atoms with Gasteiger partial charge in [0.05, 0.1) is 12.6 Å². The highest BCUT2D eigenvalue weighted by Crippen LogP contribution is 2.21. The van der Waals surface area contributed by atoms with E-state index in [1.165, 1.54) is 0 Å². The second-order valence-corrected chi connectivity index (χ2v) is 6.82. The van der Waals surface area contributed by atoms with Gasteiger partial charge in [-0.3, -0.25) is 14.5 Å². The number of carbonyl (C=O) groups is 2. The summed E-state index contributed by atoms with van der Waals surface area (Å²) in [5.74, 6) is -0.377. The highest BCUT2D eigenvalue weighted by Gasteiger charge is 2.33. The summed E-state index contributed by atoms with van der Waals surface area (Å²) < 4.78 is 0. The Kier molecular flexibility index (Phi) is 5.53. The van der Waals surface area contributed by atoms with Crippen LogP contribution in [0.1, 0.15) is 34.1 Å². The van der Waals surface area contributed by atoms with E-state index in [9.17, 15) is 14.7 Å². The first-order chi connectivity index (χ1) is 9.09. The summed E-state index contributed by atoms with van der Waals surface area (Å²) in [6.45, 7) is 8.69. The summed E-state index contributed by atoms with van der Waals surface area (Å²) in [5, 5.41) is 12.8. The SMILES string of the molecule is CC(O)C1CC(NC(=O)C(C)(C)C)CN(CC(N)=O)C1. The Morgan fingerprint density at radius 2 is 2.00 bits per heavy atom. The van der Waals surface area contributed by atoms with Crippen LogP contribution in [0, 0.1) is 11.3 Å². The highest BCUT2D eigenvalue weighted by atomic mass is 16.3. The minimum absolute atomic E-state index is 0.0206. The fraction of sp³-hybridized carbons (Fsp3) is 0.857. The molecule has 6 nitrogen and oxygen atoms in total. The average molecular weight is 285 g/mol. The molecule has 1 fully saturated rings. The zero-order valence-electron chi connectivity index (χ0n) is 12.8. The highest BCUT2D eigenvalue weighted by molar-refractivity contribution is 5.81. The van der Waals surface area contributed by atoms with Crippen molar-refractivity contribution in [2.24, 2.45) is 17.1 Å². The fourth-order valence-corrected chi connectivity index (χ4v) is 2.44. The Morgan fingerprint density at radius 3 is 2.45 bits per heavy atom. The monoisotopic (exact) mass is 285 g/mol. The molecular weight excluding hydrogens is 258 g/mol. The molecule has 2 amide bonds. The number of piperidine rings is 1. The second kappa shape index (κ2) is 6.54. The maximum Gasteiger partial charge on any atom is 0.231 e. The molecule has 1 saturated heterocycles. The first-order valence-electron chi connectivity index (χ1n) is 7.09. The van der Waals surface area contributed by atoms with Crippen LogP contribution in [0.2, 0.25) is 0 Å². The predicted molar refractivity (Wildman–Crippen MR) is 76.8 cm³/mol. The zero-order chi connectivity index (χ0) is 15.5. The van der Waals surface area contributed by atoms with Crippen molar-refractivity contribution in [2.75, 3.05) is 19.6 Å². The number of nitrogens with one attached hydrogen (secondary N) is 1. The van der Waals surface area contributed by atoms with Crippen LogP contribution in [-0.4, -0.2) is 53.6 Å². The molecule has 0 spiro atoms. The molecule has 0 bridgehead atoms. The smallest absolute Gasteiger partial charge is 0.231 e. The first-order valence-corrected chi connectivity index (χ1v) is 7.09. The van der Waals surface area contributed by atoms with Crippen molar-refractivity contribution in [2.45, 2.75) is 46.3 Å². The van der Waals surface area contributed by atoms with Crippen LogP contribution >= 0.6 is 0 Å². The Morgan fingerprint density at radius 1 is 1.40 bits per heavy atom. The summed E-state index contributed by atoms with van der Waals surface area (Å²) in [5.41, 5.74) is 4.78. The third kappa shape index (κ3) is 5.09. The van der Waals surface area contributed by atoms with Crippen molar-refractivity contribution in [3.05, 3.63) is 0 Å². The molecular formula is C14H27N3O3. The van der Waals surface area contributed by atoms with Crippen LogP contribution in [0.5, 0.6) is 0 Å². The molecule has 0 aromatic heterocycles. The lowest BCUT2D eigenvalue weighted by atomic mass is 9.88. The Hall–Kier alpha value is -1.14. The van der Waals surface area contributed by atoms with E-state index in [1.807, 2.05) is 25.7 Å². The van der Waals surface area contributed by atoms with Crippen molar-refractivity contribution in [1.82, 2.24) is 10.2 Å². The number of likely N-dealkylation sites (tertiary alicyclic amines) is 1. The van der Waals surface area contributed by atoms with Crippen LogP contribution in [0.4, 0.5) is 0 Å². The molecule has 4 N–H and O–H groups in total. The number of primary amides is 1. The number of carbonyl (C=O) groups excluding carboxylic acids is 2. The van der Waals surface area contributed by atoms with Gasteiger partial charge in [-0.25, -0.2) is 0 Å². The van der Waals surface area contributed by atoms with Crippen LogP contribution < -0.4 is 11.1 Å². The molecule has 116 valence electrons. The minimum atomic E-state index is -0.472. The summed E-state index contributed by atoms with van der Waals surface area (Å²) in [4.78, 5) is 25.0. The summed E-state index contributed by atoms with van der Waals surface area (Å²) in [6.07, 6.45) is 0.245. The summed E-state index contributed by atoms with van der Waals surface area (Å²) in [7, 11) is 0. The second-order valence-electron chi connectivity index (χ2n) is 6.82. The van der Waals surface area contributed by atoms with Crippen molar-refractivity contribution < 1.29 is 14.7 Å². The lowest BCUT2D eigenvalue weighted by Crippen LogP contribution is -2.55. The number of nitrogens with zero attached hydrogens (tertiary/aromatic N) is 1. The van der Waals surface area contributed by atoms with Crippen molar-refractivity contribution in [1.29, 1.82) is 0 Å². The van der Waals surface area contributed by atoms with Gasteiger partial charge in [0.15, 0.2) is 0 Å². The topological polar surface area (TPSA) is 95.7 Å². The van der Waals surface area contributed by atoms with Crippen LogP contribution in [0.25, 0.3) is 0 Å². The average Bonchev–Trinajstić information content (AvgIpc) is 2.26. The van der Waals surface area contributed by atoms with Crippen LogP contribution in [0.3, 0.4) is 0 Å². The molecule has 0 radical (unpaired) electrons. The molecule has 1 heterocycles. The Bertz CT molecular complexity index is 363. The van der Waals surface area contributed by atoms with E-state index in [4.69, 9.17) is 5.73 Å². The molecule has 1 aliphatic rings. The molecule has 0 aromatic rings. The van der Waals surface area contributed by atoms with Crippen molar-refractivity contribution >= 4 is 11.8 Å². The van der Waals surface area contributed by atoms with Crippen LogP contribution in [-0.2, 0) is 9.59 Å². The molecule has 0 saturated carbocycles. The van der Waals surface area contributed by atoms with E-state index in [0.29, 0.717) is 13.1 Å². The molecule has 1 aliphatic heterocycles. The van der Waals surface area contributed by atoms with Crippen molar-refractivity contribution in [3.8, 4) is 0 Å². The number of aliphatic hydroxyl groups excluding tert-OH is 1. The van der Waals surface area contributed by atoms with E-state index in [1.54, 1.807) is 6.92 Å². The van der Waals surface area contributed by atoms with Gasteiger partial charge < -0.3 is 16.2 Å². The maximum atomic E-state index is 12.1. The van der Waals surface area contributed by atoms with E-state index >= 15 is 0 Å². The van der Waals surface area contributed by atoms with Crippen molar-refractivity contribution in [3.63, 3.8) is 0 Å². The predicted octanol–water partition coefficient (Wildman–Crippen LogP) is -0.295. The van der Waals surface area contributed by atoms with E-state index in [-0.39, 0.29) is 24.4 Å². The number of rotatable bonds is 4. The zero-order valence-corrected chi connectivity index (χ0v) is 12.8. The lowest BCUT2D eigenvalue weighted by molar-refractivity contribution is -0.130. The van der Waals surface area contributed by atoms with E-state index < -0.39 is 17.4 Å². The number of aliphatic hydroxyl groups is 1. The molecule has 20 heavy (non-hydrogen) atoms. The lowest BCUT2D eigenvalue weighted by Gasteiger charge is -2.39.